The Labute approximate surface area is 109 Å². The van der Waals surface area contributed by atoms with Crippen molar-refractivity contribution in [3.05, 3.63) is 28.8 Å². The highest BCUT2D eigenvalue weighted by molar-refractivity contribution is 7.85. The number of para-hydroxylation sites is 1. The SMILES string of the molecule is COc1c(Cl)cccc1/C=N/[S@@](=O)C(C)(C)C. The number of rotatable bonds is 3. The fraction of sp³-hybridized carbons (Fsp3) is 0.417. The highest BCUT2D eigenvalue weighted by atomic mass is 35.5. The van der Waals surface area contributed by atoms with E-state index in [9.17, 15) is 4.21 Å². The van der Waals surface area contributed by atoms with Gasteiger partial charge in [-0.25, -0.2) is 4.21 Å². The summed E-state index contributed by atoms with van der Waals surface area (Å²) < 4.78 is 20.6. The van der Waals surface area contributed by atoms with Gasteiger partial charge in [-0.1, -0.05) is 17.7 Å². The molecular weight excluding hydrogens is 258 g/mol. The van der Waals surface area contributed by atoms with Gasteiger partial charge in [0.2, 0.25) is 0 Å². The molecule has 0 spiro atoms. The summed E-state index contributed by atoms with van der Waals surface area (Å²) >= 11 is 5.97. The molecule has 3 nitrogen and oxygen atoms in total. The third kappa shape index (κ3) is 3.82. The fourth-order valence-electron chi connectivity index (χ4n) is 1.11. The smallest absolute Gasteiger partial charge is 0.146 e. The molecule has 0 radical (unpaired) electrons. The minimum absolute atomic E-state index is 0.373. The Bertz CT molecular complexity index is 452. The largest absolute Gasteiger partial charge is 0.495 e. The average Bonchev–Trinajstić information content (AvgIpc) is 2.24. The standard InChI is InChI=1S/C12H16ClNO2S/c1-12(2,3)17(15)14-8-9-6-5-7-10(13)11(9)16-4/h5-8H,1-4H3/b14-8+/t17-/m0/s1. The third-order valence-electron chi connectivity index (χ3n) is 2.01. The molecule has 0 aliphatic rings. The van der Waals surface area contributed by atoms with E-state index in [0.29, 0.717) is 10.8 Å². The van der Waals surface area contributed by atoms with Crippen LogP contribution in [0.1, 0.15) is 26.3 Å². The van der Waals surface area contributed by atoms with Crippen molar-refractivity contribution in [2.24, 2.45) is 4.40 Å². The highest BCUT2D eigenvalue weighted by Crippen LogP contribution is 2.27. The van der Waals surface area contributed by atoms with Gasteiger partial charge in [0.25, 0.3) is 0 Å². The van der Waals surface area contributed by atoms with Gasteiger partial charge >= 0.3 is 0 Å². The van der Waals surface area contributed by atoms with E-state index in [1.165, 1.54) is 6.21 Å². The Morgan fingerprint density at radius 1 is 1.41 bits per heavy atom. The Hall–Kier alpha value is -0.870. The number of methoxy groups -OCH3 is 1. The second-order valence-electron chi connectivity index (χ2n) is 4.46. The van der Waals surface area contributed by atoms with Crippen molar-refractivity contribution in [2.75, 3.05) is 7.11 Å². The molecule has 0 bridgehead atoms. The third-order valence-corrected chi connectivity index (χ3v) is 3.66. The van der Waals surface area contributed by atoms with Crippen LogP contribution >= 0.6 is 11.6 Å². The molecule has 1 atom stereocenters. The molecule has 94 valence electrons. The van der Waals surface area contributed by atoms with Crippen molar-refractivity contribution >= 4 is 28.8 Å². The molecule has 0 amide bonds. The summed E-state index contributed by atoms with van der Waals surface area (Å²) in [5.74, 6) is 0.545. The topological polar surface area (TPSA) is 38.7 Å². The van der Waals surface area contributed by atoms with Crippen LogP contribution < -0.4 is 4.74 Å². The molecule has 0 unspecified atom stereocenters. The van der Waals surface area contributed by atoms with Gasteiger partial charge in [-0.15, -0.1) is 0 Å². The number of halogens is 1. The Morgan fingerprint density at radius 2 is 2.06 bits per heavy atom. The van der Waals surface area contributed by atoms with Gasteiger partial charge in [0.15, 0.2) is 0 Å². The first-order valence-corrected chi connectivity index (χ1v) is 6.63. The van der Waals surface area contributed by atoms with Crippen molar-refractivity contribution < 1.29 is 8.95 Å². The molecule has 0 saturated carbocycles. The quantitative estimate of drug-likeness (QED) is 0.793. The van der Waals surface area contributed by atoms with Gasteiger partial charge in [-0.3, -0.25) is 0 Å². The Kier molecular flexibility index (Phi) is 4.71. The molecule has 1 aromatic carbocycles. The number of ether oxygens (including phenoxy) is 1. The first kappa shape index (κ1) is 14.2. The average molecular weight is 274 g/mol. The van der Waals surface area contributed by atoms with E-state index in [1.54, 1.807) is 19.2 Å². The van der Waals surface area contributed by atoms with Crippen molar-refractivity contribution in [1.82, 2.24) is 0 Å². The van der Waals surface area contributed by atoms with E-state index < -0.39 is 11.0 Å². The summed E-state index contributed by atoms with van der Waals surface area (Å²) in [5, 5.41) is 0.512. The van der Waals surface area contributed by atoms with Crippen LogP contribution in [0.2, 0.25) is 5.02 Å². The molecule has 17 heavy (non-hydrogen) atoms. The molecule has 0 saturated heterocycles. The molecular formula is C12H16ClNO2S. The summed E-state index contributed by atoms with van der Waals surface area (Å²) in [4.78, 5) is 0. The number of hydrogen-bond acceptors (Lipinski definition) is 2. The van der Waals surface area contributed by atoms with E-state index in [-0.39, 0.29) is 4.75 Å². The molecule has 0 aliphatic carbocycles. The van der Waals surface area contributed by atoms with Crippen LogP contribution in [0.4, 0.5) is 0 Å². The lowest BCUT2D eigenvalue weighted by Crippen LogP contribution is -2.19. The lowest BCUT2D eigenvalue weighted by atomic mass is 10.2. The summed E-state index contributed by atoms with van der Waals surface area (Å²) in [6, 6.07) is 5.35. The molecule has 1 rings (SSSR count). The lowest BCUT2D eigenvalue weighted by molar-refractivity contribution is 0.414. The number of hydrogen-bond donors (Lipinski definition) is 0. The zero-order chi connectivity index (χ0) is 13.1. The first-order chi connectivity index (χ1) is 7.86. The minimum atomic E-state index is -1.28. The van der Waals surface area contributed by atoms with Crippen LogP contribution in [0.3, 0.4) is 0 Å². The Balaban J connectivity index is 3.00. The molecule has 0 N–H and O–H groups in total. The van der Waals surface area contributed by atoms with Crippen LogP contribution in [0.25, 0.3) is 0 Å². The molecule has 0 aliphatic heterocycles. The van der Waals surface area contributed by atoms with Crippen LogP contribution in [0.15, 0.2) is 22.6 Å². The number of benzene rings is 1. The number of nitrogens with zero attached hydrogens (tertiary/aromatic N) is 1. The van der Waals surface area contributed by atoms with Crippen LogP contribution in [0, 0.1) is 0 Å². The highest BCUT2D eigenvalue weighted by Gasteiger charge is 2.18. The van der Waals surface area contributed by atoms with E-state index in [4.69, 9.17) is 16.3 Å². The van der Waals surface area contributed by atoms with Gasteiger partial charge in [0.05, 0.1) is 16.9 Å². The predicted molar refractivity (Wildman–Crippen MR) is 73.5 cm³/mol. The zero-order valence-electron chi connectivity index (χ0n) is 10.4. The molecule has 0 aromatic heterocycles. The first-order valence-electron chi connectivity index (χ1n) is 5.15. The monoisotopic (exact) mass is 273 g/mol. The summed E-state index contributed by atoms with van der Waals surface area (Å²) in [5.41, 5.74) is 0.720. The maximum absolute atomic E-state index is 11.8. The van der Waals surface area contributed by atoms with Crippen molar-refractivity contribution in [3.63, 3.8) is 0 Å². The van der Waals surface area contributed by atoms with Gasteiger partial charge in [-0.2, -0.15) is 4.40 Å². The van der Waals surface area contributed by atoms with E-state index in [2.05, 4.69) is 4.40 Å². The second kappa shape index (κ2) is 5.65. The van der Waals surface area contributed by atoms with Gasteiger partial charge in [-0.05, 0) is 32.9 Å². The predicted octanol–water partition coefficient (Wildman–Crippen LogP) is 3.23. The maximum Gasteiger partial charge on any atom is 0.146 e. The summed E-state index contributed by atoms with van der Waals surface area (Å²) in [6.07, 6.45) is 1.53. The van der Waals surface area contributed by atoms with Gasteiger partial charge < -0.3 is 4.74 Å². The molecule has 0 fully saturated rings. The lowest BCUT2D eigenvalue weighted by Gasteiger charge is -2.13. The van der Waals surface area contributed by atoms with E-state index >= 15 is 0 Å². The molecule has 5 heteroatoms. The maximum atomic E-state index is 11.8. The van der Waals surface area contributed by atoms with Crippen LogP contribution in [0.5, 0.6) is 5.75 Å². The fourth-order valence-corrected chi connectivity index (χ4v) is 1.89. The van der Waals surface area contributed by atoms with Gasteiger partial charge in [0.1, 0.15) is 16.7 Å². The Morgan fingerprint density at radius 3 is 2.59 bits per heavy atom. The second-order valence-corrected chi connectivity index (χ2v) is 6.80. The summed E-state index contributed by atoms with van der Waals surface area (Å²) in [6.45, 7) is 5.61. The minimum Gasteiger partial charge on any atom is -0.495 e. The van der Waals surface area contributed by atoms with Crippen molar-refractivity contribution in [2.45, 2.75) is 25.5 Å². The van der Waals surface area contributed by atoms with Crippen molar-refractivity contribution in [3.8, 4) is 5.75 Å². The van der Waals surface area contributed by atoms with E-state index in [1.807, 2.05) is 26.8 Å². The molecule has 1 aromatic rings. The van der Waals surface area contributed by atoms with Crippen molar-refractivity contribution in [1.29, 1.82) is 0 Å². The zero-order valence-corrected chi connectivity index (χ0v) is 11.9. The van der Waals surface area contributed by atoms with Crippen LogP contribution in [-0.4, -0.2) is 22.3 Å². The molecule has 0 heterocycles. The van der Waals surface area contributed by atoms with E-state index in [0.717, 1.165) is 5.56 Å². The van der Waals surface area contributed by atoms with Crippen LogP contribution in [-0.2, 0) is 11.0 Å². The van der Waals surface area contributed by atoms with Gasteiger partial charge in [0, 0.05) is 11.8 Å². The summed E-state index contributed by atoms with van der Waals surface area (Å²) in [7, 11) is 0.257. The normalized spacial score (nSPS) is 13.9.